The van der Waals surface area contributed by atoms with Gasteiger partial charge in [0.1, 0.15) is 0 Å². The van der Waals surface area contributed by atoms with Crippen molar-refractivity contribution in [1.29, 1.82) is 0 Å². The highest BCUT2D eigenvalue weighted by Crippen LogP contribution is 2.42. The minimum absolute atomic E-state index is 0.0242. The molecule has 0 radical (unpaired) electrons. The molecule has 2 unspecified atom stereocenters. The molecule has 8 nitrogen and oxygen atoms in total. The van der Waals surface area contributed by atoms with Gasteiger partial charge in [-0.05, 0) is 58.4 Å². The van der Waals surface area contributed by atoms with Crippen LogP contribution in [0.2, 0.25) is 0 Å². The lowest BCUT2D eigenvalue weighted by atomic mass is 9.68. The summed E-state index contributed by atoms with van der Waals surface area (Å²) in [4.78, 5) is 52.2. The molecule has 0 aliphatic heterocycles. The first-order chi connectivity index (χ1) is 17.6. The van der Waals surface area contributed by atoms with Crippen molar-refractivity contribution in [3.8, 4) is 0 Å². The van der Waals surface area contributed by atoms with Gasteiger partial charge in [-0.2, -0.15) is 5.10 Å². The monoisotopic (exact) mass is 546 g/mol. The molecule has 1 aromatic carbocycles. The molecule has 2 atom stereocenters. The van der Waals surface area contributed by atoms with E-state index < -0.39 is 22.9 Å². The van der Waals surface area contributed by atoms with E-state index in [1.807, 2.05) is 44.0 Å². The number of thiazole rings is 1. The van der Waals surface area contributed by atoms with E-state index in [-0.39, 0.29) is 21.9 Å². The summed E-state index contributed by atoms with van der Waals surface area (Å²) in [6.45, 7) is 17.1. The summed E-state index contributed by atoms with van der Waals surface area (Å²) in [6.07, 6.45) is 3.17. The van der Waals surface area contributed by atoms with Gasteiger partial charge < -0.3 is 5.50 Å². The summed E-state index contributed by atoms with van der Waals surface area (Å²) in [5, 5.41) is 4.22. The van der Waals surface area contributed by atoms with Gasteiger partial charge >= 0.3 is 4.87 Å². The van der Waals surface area contributed by atoms with Gasteiger partial charge in [-0.15, -0.1) is 0 Å². The average Bonchev–Trinajstić information content (AvgIpc) is 3.56. The van der Waals surface area contributed by atoms with Gasteiger partial charge in [0.15, 0.2) is 17.3 Å². The second-order valence-electron chi connectivity index (χ2n) is 8.28. The van der Waals surface area contributed by atoms with Gasteiger partial charge in [-0.3, -0.25) is 23.7 Å². The SMILES string of the molecule is CC.CC.CCn1c(=O)sc2ccc(C(=O)C3=C(n4cccn4)C(C)(C)C(=O)C(C)C3=O)c(C)c21.NP. The first-order valence-corrected chi connectivity index (χ1v) is 13.9. The summed E-state index contributed by atoms with van der Waals surface area (Å²) < 4.78 is 3.87. The predicted molar refractivity (Wildman–Crippen MR) is 156 cm³/mol. The van der Waals surface area contributed by atoms with E-state index in [1.165, 1.54) is 4.68 Å². The number of aromatic nitrogens is 3. The Kier molecular flexibility index (Phi) is 12.0. The van der Waals surface area contributed by atoms with Crippen LogP contribution in [0.5, 0.6) is 0 Å². The van der Waals surface area contributed by atoms with Gasteiger partial charge in [-0.1, -0.05) is 48.4 Å². The van der Waals surface area contributed by atoms with E-state index in [0.29, 0.717) is 23.2 Å². The number of fused-ring (bicyclic) bond motifs is 1. The molecule has 0 bridgehead atoms. The molecular weight excluding hydrogens is 507 g/mol. The maximum Gasteiger partial charge on any atom is 0.308 e. The Morgan fingerprint density at radius 2 is 1.73 bits per heavy atom. The summed E-state index contributed by atoms with van der Waals surface area (Å²) in [5.74, 6) is -2.13. The summed E-state index contributed by atoms with van der Waals surface area (Å²) >= 11 is 1.13. The number of carbonyl (C=O) groups excluding carboxylic acids is 3. The minimum atomic E-state index is -1.07. The first kappa shape index (κ1) is 32.3. The third-order valence-corrected chi connectivity index (χ3v) is 7.03. The maximum absolute atomic E-state index is 13.8. The molecule has 4 rings (SSSR count). The summed E-state index contributed by atoms with van der Waals surface area (Å²) in [7, 11) is 1.92. The molecule has 0 saturated carbocycles. The standard InChI is InChI=1S/C23H23N3O4S.2C2H6.H4NP/c1-6-25-17-12(2)14(8-9-15(17)31-22(25)30)19(28)16-18(27)13(3)21(29)23(4,5)20(16)26-11-7-10-24-26;3*1-2/h7-11,13H,6H2,1-5H3;2*1-2H3;1-2H2. The van der Waals surface area contributed by atoms with Crippen LogP contribution in [0.15, 0.2) is 41.0 Å². The molecule has 1 aliphatic rings. The Hall–Kier alpha value is -2.74. The molecular formula is C27H39N4O4PS. The fraction of sp³-hybridized carbons (Fsp3) is 0.444. The maximum atomic E-state index is 13.8. The molecule has 10 heteroatoms. The molecule has 2 N–H and O–H groups in total. The zero-order valence-corrected chi connectivity index (χ0v) is 25.2. The number of allylic oxidation sites excluding steroid dienone is 2. The largest absolute Gasteiger partial charge is 0.314 e. The van der Waals surface area contributed by atoms with E-state index in [0.717, 1.165) is 16.0 Å². The number of aryl methyl sites for hydroxylation is 2. The molecule has 0 saturated heterocycles. The molecule has 202 valence electrons. The number of ketones is 3. The lowest BCUT2D eigenvalue weighted by Crippen LogP contribution is -2.44. The van der Waals surface area contributed by atoms with Crippen molar-refractivity contribution in [1.82, 2.24) is 14.3 Å². The molecule has 2 heterocycles. The van der Waals surface area contributed by atoms with Crippen molar-refractivity contribution in [2.45, 2.75) is 68.9 Å². The van der Waals surface area contributed by atoms with Crippen LogP contribution in [0.4, 0.5) is 0 Å². The van der Waals surface area contributed by atoms with Gasteiger partial charge in [0.2, 0.25) is 0 Å². The molecule has 0 fully saturated rings. The number of Topliss-reactive ketones (excluding diaryl/α,β-unsaturated/α-hetero) is 3. The number of benzene rings is 1. The van der Waals surface area contributed by atoms with E-state index in [9.17, 15) is 19.2 Å². The number of rotatable bonds is 4. The molecule has 0 amide bonds. The fourth-order valence-corrected chi connectivity index (χ4v) is 5.46. The fourth-order valence-electron chi connectivity index (χ4n) is 4.45. The quantitative estimate of drug-likeness (QED) is 0.206. The molecule has 2 aromatic heterocycles. The number of nitrogens with zero attached hydrogens (tertiary/aromatic N) is 3. The highest BCUT2D eigenvalue weighted by molar-refractivity contribution is 7.16. The summed E-state index contributed by atoms with van der Waals surface area (Å²) in [6, 6.07) is 5.08. The topological polar surface area (TPSA) is 117 Å². The lowest BCUT2D eigenvalue weighted by molar-refractivity contribution is -0.135. The van der Waals surface area contributed by atoms with Crippen LogP contribution in [0.25, 0.3) is 15.9 Å². The minimum Gasteiger partial charge on any atom is -0.314 e. The number of carbonyl (C=O) groups is 3. The van der Waals surface area contributed by atoms with Crippen molar-refractivity contribution >= 4 is 54.0 Å². The highest BCUT2D eigenvalue weighted by atomic mass is 32.1. The van der Waals surface area contributed by atoms with Crippen LogP contribution in [-0.2, 0) is 16.1 Å². The van der Waals surface area contributed by atoms with Gasteiger partial charge in [-0.25, -0.2) is 4.68 Å². The van der Waals surface area contributed by atoms with E-state index >= 15 is 0 Å². The number of nitrogens with two attached hydrogens (primary N) is 1. The Labute approximate surface area is 225 Å². The Bertz CT molecular complexity index is 1350. The van der Waals surface area contributed by atoms with Crippen LogP contribution in [0.1, 0.15) is 71.3 Å². The molecule has 3 aromatic rings. The highest BCUT2D eigenvalue weighted by Gasteiger charge is 2.49. The van der Waals surface area contributed by atoms with Crippen LogP contribution in [0, 0.1) is 18.3 Å². The van der Waals surface area contributed by atoms with E-state index in [4.69, 9.17) is 0 Å². The Morgan fingerprint density at radius 3 is 2.24 bits per heavy atom. The van der Waals surface area contributed by atoms with Crippen molar-refractivity contribution < 1.29 is 14.4 Å². The molecule has 1 aliphatic carbocycles. The third-order valence-electron chi connectivity index (χ3n) is 6.08. The third kappa shape index (κ3) is 5.74. The van der Waals surface area contributed by atoms with Crippen molar-refractivity contribution in [3.63, 3.8) is 0 Å². The predicted octanol–water partition coefficient (Wildman–Crippen LogP) is 5.28. The van der Waals surface area contributed by atoms with Crippen molar-refractivity contribution in [2.75, 3.05) is 0 Å². The van der Waals surface area contributed by atoms with Crippen molar-refractivity contribution in [3.05, 3.63) is 57.0 Å². The summed E-state index contributed by atoms with van der Waals surface area (Å²) in [5.41, 5.74) is 5.30. The molecule has 0 spiro atoms. The van der Waals surface area contributed by atoms with E-state index in [1.54, 1.807) is 62.9 Å². The lowest BCUT2D eigenvalue weighted by Gasteiger charge is -2.35. The first-order valence-electron chi connectivity index (χ1n) is 12.5. The number of hydrogen-bond donors (Lipinski definition) is 1. The second-order valence-corrected chi connectivity index (χ2v) is 9.27. The molecule has 37 heavy (non-hydrogen) atoms. The van der Waals surface area contributed by atoms with Gasteiger partial charge in [0.25, 0.3) is 0 Å². The second kappa shape index (κ2) is 13.7. The van der Waals surface area contributed by atoms with Crippen LogP contribution in [-0.4, -0.2) is 31.7 Å². The number of hydrogen-bond acceptors (Lipinski definition) is 7. The smallest absolute Gasteiger partial charge is 0.308 e. The van der Waals surface area contributed by atoms with Crippen LogP contribution >= 0.6 is 20.7 Å². The zero-order valence-electron chi connectivity index (χ0n) is 23.2. The van der Waals surface area contributed by atoms with E-state index in [2.05, 4.69) is 10.6 Å². The van der Waals surface area contributed by atoms with Crippen LogP contribution in [0.3, 0.4) is 0 Å². The van der Waals surface area contributed by atoms with Gasteiger partial charge in [0.05, 0.1) is 32.8 Å². The normalized spacial score (nSPS) is 16.2. The van der Waals surface area contributed by atoms with Gasteiger partial charge in [0, 0.05) is 24.5 Å². The average molecular weight is 547 g/mol. The van der Waals surface area contributed by atoms with Crippen LogP contribution < -0.4 is 10.4 Å². The Balaban J connectivity index is 0.00000106. The Morgan fingerprint density at radius 1 is 1.14 bits per heavy atom. The van der Waals surface area contributed by atoms with Crippen molar-refractivity contribution in [2.24, 2.45) is 16.8 Å². The zero-order chi connectivity index (χ0) is 28.7.